The molecule has 1 aliphatic heterocycles. The lowest BCUT2D eigenvalue weighted by Crippen LogP contribution is -2.30. The molecule has 0 aromatic heterocycles. The molecule has 0 fully saturated rings. The number of carbonyl (C=O) groups is 1. The van der Waals surface area contributed by atoms with Gasteiger partial charge in [0.05, 0.1) is 17.3 Å². The molecule has 0 unspecified atom stereocenters. The van der Waals surface area contributed by atoms with Crippen molar-refractivity contribution < 1.29 is 14.3 Å². The standard InChI is InChI=1S/C19H15BrFNO2/c20-11-8-15-13-2-1-3-14(13)17(10-4-6-12(21)7-5-10)22-18(15)16(9-11)19(23)24/h1-2,4-9,13-14,17,22H,3H2,(H,23,24)/t13-,14+,17+/m1/s1. The Bertz CT molecular complexity index is 847. The number of nitrogens with one attached hydrogen (secondary N) is 1. The summed E-state index contributed by atoms with van der Waals surface area (Å²) in [6, 6.07) is 10.0. The second kappa shape index (κ2) is 5.74. The van der Waals surface area contributed by atoms with E-state index in [9.17, 15) is 14.3 Å². The van der Waals surface area contributed by atoms with Crippen LogP contribution in [0.5, 0.6) is 0 Å². The van der Waals surface area contributed by atoms with Crippen molar-refractivity contribution in [3.63, 3.8) is 0 Å². The highest BCUT2D eigenvalue weighted by Gasteiger charge is 2.39. The summed E-state index contributed by atoms with van der Waals surface area (Å²) < 4.78 is 14.0. The molecule has 0 saturated carbocycles. The van der Waals surface area contributed by atoms with Crippen molar-refractivity contribution in [3.8, 4) is 0 Å². The Hall–Kier alpha value is -2.14. The largest absolute Gasteiger partial charge is 0.478 e. The molecule has 2 aromatic rings. The van der Waals surface area contributed by atoms with Gasteiger partial charge in [0.2, 0.25) is 0 Å². The number of rotatable bonds is 2. The molecule has 4 rings (SSSR count). The van der Waals surface area contributed by atoms with E-state index >= 15 is 0 Å². The van der Waals surface area contributed by atoms with Crippen LogP contribution in [0.15, 0.2) is 53.0 Å². The number of fused-ring (bicyclic) bond motifs is 3. The quantitative estimate of drug-likeness (QED) is 0.703. The van der Waals surface area contributed by atoms with Crippen molar-refractivity contribution in [2.75, 3.05) is 5.32 Å². The Morgan fingerprint density at radius 3 is 2.71 bits per heavy atom. The number of aromatic carboxylic acids is 1. The Labute approximate surface area is 147 Å². The van der Waals surface area contributed by atoms with Crippen LogP contribution in [0.25, 0.3) is 0 Å². The summed E-state index contributed by atoms with van der Waals surface area (Å²) in [7, 11) is 0. The van der Waals surface area contributed by atoms with E-state index in [2.05, 4.69) is 33.4 Å². The first-order valence-electron chi connectivity index (χ1n) is 7.80. The molecule has 1 aliphatic carbocycles. The van der Waals surface area contributed by atoms with Gasteiger partial charge in [0.25, 0.3) is 0 Å². The fraction of sp³-hybridized carbons (Fsp3) is 0.211. The van der Waals surface area contributed by atoms with Crippen LogP contribution in [0.1, 0.15) is 39.9 Å². The molecule has 0 saturated heterocycles. The third-order valence-electron chi connectivity index (χ3n) is 4.89. The Morgan fingerprint density at radius 2 is 2.00 bits per heavy atom. The molecule has 0 amide bonds. The Morgan fingerprint density at radius 1 is 1.25 bits per heavy atom. The number of carboxylic acids is 1. The predicted octanol–water partition coefficient (Wildman–Crippen LogP) is 5.11. The minimum absolute atomic E-state index is 0.0441. The normalized spacial score (nSPS) is 24.2. The predicted molar refractivity (Wildman–Crippen MR) is 93.9 cm³/mol. The summed E-state index contributed by atoms with van der Waals surface area (Å²) >= 11 is 3.42. The number of allylic oxidation sites excluding steroid dienone is 2. The minimum Gasteiger partial charge on any atom is -0.478 e. The lowest BCUT2D eigenvalue weighted by Gasteiger charge is -2.38. The molecule has 2 N–H and O–H groups in total. The molecule has 2 aromatic carbocycles. The third kappa shape index (κ3) is 2.44. The number of hydrogen-bond donors (Lipinski definition) is 2. The number of anilines is 1. The highest BCUT2D eigenvalue weighted by Crippen LogP contribution is 2.51. The highest BCUT2D eigenvalue weighted by molar-refractivity contribution is 9.10. The Kier molecular flexibility index (Phi) is 3.68. The van der Waals surface area contributed by atoms with Gasteiger partial charge in [0.15, 0.2) is 0 Å². The smallest absolute Gasteiger partial charge is 0.337 e. The zero-order valence-electron chi connectivity index (χ0n) is 12.7. The molecule has 3 nitrogen and oxygen atoms in total. The summed E-state index contributed by atoms with van der Waals surface area (Å²) in [6.07, 6.45) is 5.21. The van der Waals surface area contributed by atoms with Crippen molar-refractivity contribution in [1.82, 2.24) is 0 Å². The molecular weight excluding hydrogens is 373 g/mol. The van der Waals surface area contributed by atoms with E-state index in [1.165, 1.54) is 12.1 Å². The van der Waals surface area contributed by atoms with E-state index in [1.54, 1.807) is 18.2 Å². The first-order valence-corrected chi connectivity index (χ1v) is 8.59. The zero-order valence-corrected chi connectivity index (χ0v) is 14.3. The lowest BCUT2D eigenvalue weighted by molar-refractivity contribution is 0.0697. The summed E-state index contributed by atoms with van der Waals surface area (Å²) in [5.41, 5.74) is 2.89. The average molecular weight is 388 g/mol. The number of halogens is 2. The SMILES string of the molecule is O=C(O)c1cc(Br)cc2c1N[C@@H](c1ccc(F)cc1)[C@H]1CC=C[C@@H]21. The van der Waals surface area contributed by atoms with Gasteiger partial charge in [-0.15, -0.1) is 0 Å². The van der Waals surface area contributed by atoms with Gasteiger partial charge >= 0.3 is 5.97 Å². The van der Waals surface area contributed by atoms with Gasteiger partial charge in [0, 0.05) is 10.4 Å². The van der Waals surface area contributed by atoms with Crippen molar-refractivity contribution in [1.29, 1.82) is 0 Å². The fourth-order valence-electron chi connectivity index (χ4n) is 3.83. The van der Waals surface area contributed by atoms with Crippen molar-refractivity contribution in [3.05, 3.63) is 75.5 Å². The number of carboxylic acid groups (broad SMARTS) is 1. The first-order chi connectivity index (χ1) is 11.5. The molecule has 0 bridgehead atoms. The van der Waals surface area contributed by atoms with Gasteiger partial charge in [-0.2, -0.15) is 0 Å². The lowest BCUT2D eigenvalue weighted by atomic mass is 9.76. The molecule has 0 radical (unpaired) electrons. The second-order valence-electron chi connectivity index (χ2n) is 6.25. The van der Waals surface area contributed by atoms with E-state index in [0.717, 1.165) is 22.0 Å². The topological polar surface area (TPSA) is 49.3 Å². The molecule has 5 heteroatoms. The maximum absolute atomic E-state index is 13.3. The van der Waals surface area contributed by atoms with Gasteiger partial charge in [0.1, 0.15) is 5.82 Å². The van der Waals surface area contributed by atoms with Crippen molar-refractivity contribution in [2.45, 2.75) is 18.4 Å². The van der Waals surface area contributed by atoms with E-state index in [-0.39, 0.29) is 23.3 Å². The van der Waals surface area contributed by atoms with Crippen LogP contribution < -0.4 is 5.32 Å². The van der Waals surface area contributed by atoms with Crippen LogP contribution in [0, 0.1) is 11.7 Å². The molecule has 0 spiro atoms. The number of benzene rings is 2. The maximum Gasteiger partial charge on any atom is 0.337 e. The van der Waals surface area contributed by atoms with Crippen LogP contribution >= 0.6 is 15.9 Å². The van der Waals surface area contributed by atoms with Crippen molar-refractivity contribution >= 4 is 27.6 Å². The van der Waals surface area contributed by atoms with Crippen LogP contribution in [-0.4, -0.2) is 11.1 Å². The van der Waals surface area contributed by atoms with E-state index in [1.807, 2.05) is 6.07 Å². The third-order valence-corrected chi connectivity index (χ3v) is 5.35. The van der Waals surface area contributed by atoms with E-state index < -0.39 is 5.97 Å². The minimum atomic E-state index is -0.960. The van der Waals surface area contributed by atoms with Gasteiger partial charge in [-0.3, -0.25) is 0 Å². The second-order valence-corrected chi connectivity index (χ2v) is 7.17. The average Bonchev–Trinajstić information content (AvgIpc) is 3.04. The Balaban J connectivity index is 1.86. The van der Waals surface area contributed by atoms with Gasteiger partial charge in [-0.05, 0) is 47.7 Å². The molecular formula is C19H15BrFNO2. The van der Waals surface area contributed by atoms with E-state index in [4.69, 9.17) is 0 Å². The van der Waals surface area contributed by atoms with Crippen LogP contribution in [0.2, 0.25) is 0 Å². The van der Waals surface area contributed by atoms with Gasteiger partial charge in [-0.25, -0.2) is 9.18 Å². The van der Waals surface area contributed by atoms with E-state index in [0.29, 0.717) is 11.6 Å². The summed E-state index contributed by atoms with van der Waals surface area (Å²) in [5.74, 6) is -0.782. The van der Waals surface area contributed by atoms with Crippen LogP contribution in [-0.2, 0) is 0 Å². The molecule has 2 aliphatic rings. The van der Waals surface area contributed by atoms with Gasteiger partial charge in [-0.1, -0.05) is 40.2 Å². The zero-order chi connectivity index (χ0) is 16.8. The number of hydrogen-bond acceptors (Lipinski definition) is 2. The summed E-state index contributed by atoms with van der Waals surface area (Å²) in [5, 5.41) is 13.0. The fourth-order valence-corrected chi connectivity index (χ4v) is 4.31. The van der Waals surface area contributed by atoms with Gasteiger partial charge < -0.3 is 10.4 Å². The molecule has 3 atom stereocenters. The molecule has 122 valence electrons. The summed E-state index contributed by atoms with van der Waals surface area (Å²) in [6.45, 7) is 0. The maximum atomic E-state index is 13.3. The monoisotopic (exact) mass is 387 g/mol. The van der Waals surface area contributed by atoms with Crippen LogP contribution in [0.3, 0.4) is 0 Å². The van der Waals surface area contributed by atoms with Crippen molar-refractivity contribution in [2.24, 2.45) is 5.92 Å². The van der Waals surface area contributed by atoms with Crippen LogP contribution in [0.4, 0.5) is 10.1 Å². The molecule has 1 heterocycles. The molecule has 24 heavy (non-hydrogen) atoms. The first kappa shape index (κ1) is 15.4. The highest BCUT2D eigenvalue weighted by atomic mass is 79.9. The summed E-state index contributed by atoms with van der Waals surface area (Å²) in [4.78, 5) is 11.7.